The maximum atomic E-state index is 13.9. The molecular weight excluding hydrogens is 508 g/mol. The average Bonchev–Trinajstić information content (AvgIpc) is 2.87. The summed E-state index contributed by atoms with van der Waals surface area (Å²) < 4.78 is 83.4. The Morgan fingerprint density at radius 3 is 2.22 bits per heavy atom. The van der Waals surface area contributed by atoms with E-state index in [9.17, 15) is 26.0 Å². The molecule has 0 spiro atoms. The van der Waals surface area contributed by atoms with Gasteiger partial charge in [-0.3, -0.25) is 0 Å². The summed E-state index contributed by atoms with van der Waals surface area (Å²) in [5.41, 5.74) is -0.237. The van der Waals surface area contributed by atoms with Gasteiger partial charge in [-0.05, 0) is 37.3 Å². The van der Waals surface area contributed by atoms with Crippen molar-refractivity contribution in [3.63, 3.8) is 0 Å². The highest BCUT2D eigenvalue weighted by atomic mass is 32.2. The van der Waals surface area contributed by atoms with Crippen molar-refractivity contribution in [1.29, 1.82) is 0 Å². The molecule has 0 aliphatic carbocycles. The number of hydrogen-bond acceptors (Lipinski definition) is 5. The van der Waals surface area contributed by atoms with E-state index < -0.39 is 33.6 Å². The minimum Gasteiger partial charge on any atom is -0.368 e. The van der Waals surface area contributed by atoms with Gasteiger partial charge < -0.3 is 15.1 Å². The van der Waals surface area contributed by atoms with Gasteiger partial charge >= 0.3 is 6.18 Å². The van der Waals surface area contributed by atoms with Crippen LogP contribution in [0.5, 0.6) is 0 Å². The lowest BCUT2D eigenvalue weighted by Crippen LogP contribution is -2.54. The van der Waals surface area contributed by atoms with E-state index in [1.807, 2.05) is 18.2 Å². The van der Waals surface area contributed by atoms with Crippen LogP contribution in [0.15, 0.2) is 59.5 Å². The van der Waals surface area contributed by atoms with Crippen LogP contribution in [0.4, 0.5) is 28.9 Å². The van der Waals surface area contributed by atoms with Gasteiger partial charge in [0.25, 0.3) is 0 Å². The van der Waals surface area contributed by atoms with Crippen LogP contribution in [0.3, 0.4) is 0 Å². The van der Waals surface area contributed by atoms with E-state index in [1.165, 1.54) is 9.21 Å². The number of nitrogens with zero attached hydrogens (tertiary/aromatic N) is 3. The molecule has 2 aliphatic heterocycles. The van der Waals surface area contributed by atoms with Crippen molar-refractivity contribution in [1.82, 2.24) is 9.62 Å². The van der Waals surface area contributed by atoms with Crippen molar-refractivity contribution in [2.45, 2.75) is 24.0 Å². The number of anilines is 2. The number of nitrogens with one attached hydrogen (secondary N) is 1. The van der Waals surface area contributed by atoms with Crippen LogP contribution in [0.1, 0.15) is 12.5 Å². The number of hydrogen-bond donors (Lipinski definition) is 1. The first-order valence-corrected chi connectivity index (χ1v) is 13.6. The molecule has 6 nitrogen and oxygen atoms in total. The van der Waals surface area contributed by atoms with Gasteiger partial charge in [-0.2, -0.15) is 17.5 Å². The summed E-state index contributed by atoms with van der Waals surface area (Å²) in [7, 11) is -3.94. The lowest BCUT2D eigenvalue weighted by Gasteiger charge is -2.41. The zero-order valence-electron chi connectivity index (χ0n) is 20.3. The van der Waals surface area contributed by atoms with E-state index in [-0.39, 0.29) is 30.2 Å². The van der Waals surface area contributed by atoms with E-state index in [4.69, 9.17) is 0 Å². The predicted octanol–water partition coefficient (Wildman–Crippen LogP) is 4.31. The number of halogens is 4. The SMILES string of the molecule is C[C@@H]1CN(c2ccc(F)cc2C(F)(F)F)CCN1S(=O)(=O)c1ccc(N2CCNCC2)c2ccccc12. The Morgan fingerprint density at radius 2 is 1.54 bits per heavy atom. The van der Waals surface area contributed by atoms with Crippen LogP contribution in [0.25, 0.3) is 10.8 Å². The Morgan fingerprint density at radius 1 is 0.865 bits per heavy atom. The van der Waals surface area contributed by atoms with Crippen LogP contribution < -0.4 is 15.1 Å². The summed E-state index contributed by atoms with van der Waals surface area (Å²) in [6.07, 6.45) is -4.73. The number of fused-ring (bicyclic) bond motifs is 1. The van der Waals surface area contributed by atoms with Crippen molar-refractivity contribution >= 4 is 32.2 Å². The van der Waals surface area contributed by atoms with Crippen molar-refractivity contribution in [3.8, 4) is 0 Å². The number of sulfonamides is 1. The van der Waals surface area contributed by atoms with Crippen LogP contribution >= 0.6 is 0 Å². The second kappa shape index (κ2) is 9.77. The van der Waals surface area contributed by atoms with E-state index in [0.717, 1.165) is 49.4 Å². The van der Waals surface area contributed by atoms with Crippen LogP contribution in [0.2, 0.25) is 0 Å². The zero-order chi connectivity index (χ0) is 26.4. The molecule has 2 saturated heterocycles. The Kier molecular flexibility index (Phi) is 6.80. The van der Waals surface area contributed by atoms with Crippen LogP contribution in [-0.2, 0) is 16.2 Å². The Labute approximate surface area is 213 Å². The number of piperazine rings is 2. The maximum absolute atomic E-state index is 13.9. The first kappa shape index (κ1) is 25.7. The molecule has 1 N–H and O–H groups in total. The van der Waals surface area contributed by atoms with Gasteiger partial charge in [-0.1, -0.05) is 24.3 Å². The zero-order valence-corrected chi connectivity index (χ0v) is 21.1. The monoisotopic (exact) mass is 536 g/mol. The van der Waals surface area contributed by atoms with Crippen LogP contribution in [0, 0.1) is 5.82 Å². The molecule has 0 saturated carbocycles. The number of alkyl halides is 3. The average molecular weight is 537 g/mol. The second-order valence-electron chi connectivity index (χ2n) is 9.44. The van der Waals surface area contributed by atoms with Gasteiger partial charge in [0.2, 0.25) is 10.0 Å². The van der Waals surface area contributed by atoms with E-state index in [2.05, 4.69) is 10.2 Å². The topological polar surface area (TPSA) is 55.9 Å². The highest BCUT2D eigenvalue weighted by Gasteiger charge is 2.39. The second-order valence-corrected chi connectivity index (χ2v) is 11.3. The largest absolute Gasteiger partial charge is 0.418 e. The van der Waals surface area contributed by atoms with Gasteiger partial charge in [0, 0.05) is 74.0 Å². The molecule has 5 rings (SSSR count). The lowest BCUT2D eigenvalue weighted by atomic mass is 10.1. The van der Waals surface area contributed by atoms with Crippen molar-refractivity contribution in [2.75, 3.05) is 55.6 Å². The minimum absolute atomic E-state index is 0.00600. The molecule has 3 aromatic carbocycles. The number of rotatable bonds is 4. The molecule has 37 heavy (non-hydrogen) atoms. The first-order chi connectivity index (χ1) is 17.6. The van der Waals surface area contributed by atoms with E-state index in [1.54, 1.807) is 25.1 Å². The standard InChI is InChI=1S/C26H28F4N4O2S/c1-18-17-33(24-7-6-19(27)16-22(24)26(28,29)30)14-15-34(18)37(35,36)25-9-8-23(32-12-10-31-11-13-32)20-4-2-3-5-21(20)25/h2-9,16,18,31H,10-15,17H2,1H3/t18-/m1/s1. The maximum Gasteiger partial charge on any atom is 0.418 e. The molecule has 2 aliphatic rings. The summed E-state index contributed by atoms with van der Waals surface area (Å²) in [5.74, 6) is -0.971. The van der Waals surface area contributed by atoms with Crippen LogP contribution in [-0.4, -0.2) is 64.6 Å². The third-order valence-corrected chi connectivity index (χ3v) is 9.15. The van der Waals surface area contributed by atoms with Gasteiger partial charge in [0.15, 0.2) is 0 Å². The molecule has 2 fully saturated rings. The molecule has 0 unspecified atom stereocenters. The van der Waals surface area contributed by atoms with Crippen molar-refractivity contribution < 1.29 is 26.0 Å². The van der Waals surface area contributed by atoms with Crippen molar-refractivity contribution in [3.05, 3.63) is 66.0 Å². The highest BCUT2D eigenvalue weighted by molar-refractivity contribution is 7.89. The Hall–Kier alpha value is -2.89. The Balaban J connectivity index is 1.45. The third-order valence-electron chi connectivity index (χ3n) is 7.08. The van der Waals surface area contributed by atoms with E-state index >= 15 is 0 Å². The molecule has 11 heteroatoms. The van der Waals surface area contributed by atoms with Crippen molar-refractivity contribution in [2.24, 2.45) is 0 Å². The molecule has 2 heterocycles. The van der Waals surface area contributed by atoms with E-state index in [0.29, 0.717) is 11.5 Å². The lowest BCUT2D eigenvalue weighted by molar-refractivity contribution is -0.137. The molecule has 198 valence electrons. The normalized spacial score (nSPS) is 20.0. The predicted molar refractivity (Wildman–Crippen MR) is 136 cm³/mol. The van der Waals surface area contributed by atoms with Gasteiger partial charge in [-0.15, -0.1) is 0 Å². The summed E-state index contributed by atoms with van der Waals surface area (Å²) >= 11 is 0. The molecule has 0 bridgehead atoms. The molecule has 3 aromatic rings. The fourth-order valence-corrected chi connectivity index (χ4v) is 7.13. The minimum atomic E-state index is -4.73. The molecule has 0 amide bonds. The smallest absolute Gasteiger partial charge is 0.368 e. The Bertz CT molecular complexity index is 1410. The summed E-state index contributed by atoms with van der Waals surface area (Å²) in [5, 5.41) is 4.78. The summed E-state index contributed by atoms with van der Waals surface area (Å²) in [4.78, 5) is 3.89. The fourth-order valence-electron chi connectivity index (χ4n) is 5.32. The summed E-state index contributed by atoms with van der Waals surface area (Å²) in [6, 6.07) is 12.9. The highest BCUT2D eigenvalue weighted by Crippen LogP contribution is 2.39. The molecule has 0 radical (unpaired) electrons. The third kappa shape index (κ3) is 4.87. The molecule has 0 aromatic heterocycles. The first-order valence-electron chi connectivity index (χ1n) is 12.2. The molecular formula is C26H28F4N4O2S. The molecule has 1 atom stereocenters. The summed E-state index contributed by atoms with van der Waals surface area (Å²) in [6.45, 7) is 5.11. The van der Waals surface area contributed by atoms with Gasteiger partial charge in [-0.25, -0.2) is 12.8 Å². The number of benzene rings is 3. The fraction of sp³-hybridized carbons (Fsp3) is 0.385. The van der Waals surface area contributed by atoms with Gasteiger partial charge in [0.1, 0.15) is 5.82 Å². The quantitative estimate of drug-likeness (QED) is 0.504. The van der Waals surface area contributed by atoms with Gasteiger partial charge in [0.05, 0.1) is 10.5 Å².